The van der Waals surface area contributed by atoms with Crippen LogP contribution in [0.3, 0.4) is 0 Å². The summed E-state index contributed by atoms with van der Waals surface area (Å²) < 4.78 is 79.7. The van der Waals surface area contributed by atoms with Crippen LogP contribution in [0.25, 0.3) is 0 Å². The predicted molar refractivity (Wildman–Crippen MR) is 71.3 cm³/mol. The van der Waals surface area contributed by atoms with E-state index in [1.807, 2.05) is 0 Å². The maximum absolute atomic E-state index is 13.8. The van der Waals surface area contributed by atoms with Crippen LogP contribution in [0.1, 0.15) is 18.0 Å². The Labute approximate surface area is 129 Å². The van der Waals surface area contributed by atoms with Crippen molar-refractivity contribution in [3.63, 3.8) is 0 Å². The standard InChI is InChI=1S/C13H14F6N2.ClH/c14-7-5-8(15)13(19)11(12(7)18)9(6-10(16)17)21-3-1-20-2-4-21;/h5,9-10,20H,1-4,6H2;1H/t9-;/m1./s1. The molecule has 1 saturated heterocycles. The SMILES string of the molecule is Cl.Fc1cc(F)c(F)c([C@@H](CC(F)F)N2CCNCC2)c1F. The van der Waals surface area contributed by atoms with E-state index in [2.05, 4.69) is 5.32 Å². The number of nitrogens with one attached hydrogen (secondary N) is 1. The summed E-state index contributed by atoms with van der Waals surface area (Å²) >= 11 is 0. The minimum absolute atomic E-state index is 0. The van der Waals surface area contributed by atoms with E-state index < -0.39 is 47.7 Å². The highest BCUT2D eigenvalue weighted by Crippen LogP contribution is 2.33. The number of hydrogen-bond acceptors (Lipinski definition) is 2. The Morgan fingerprint density at radius 1 is 1.00 bits per heavy atom. The number of hydrogen-bond donors (Lipinski definition) is 1. The fourth-order valence-corrected chi connectivity index (χ4v) is 2.50. The minimum atomic E-state index is -2.85. The summed E-state index contributed by atoms with van der Waals surface area (Å²) in [5.41, 5.74) is -0.963. The molecule has 0 amide bonds. The molecule has 22 heavy (non-hydrogen) atoms. The molecule has 0 unspecified atom stereocenters. The predicted octanol–water partition coefficient (Wildman–Crippen LogP) is 3.27. The molecule has 1 N–H and O–H groups in total. The van der Waals surface area contributed by atoms with Crippen LogP contribution in [0.5, 0.6) is 0 Å². The minimum Gasteiger partial charge on any atom is -0.314 e. The smallest absolute Gasteiger partial charge is 0.240 e. The molecule has 0 bridgehead atoms. The second kappa shape index (κ2) is 8.03. The van der Waals surface area contributed by atoms with Gasteiger partial charge in [0.05, 0.1) is 0 Å². The second-order valence-electron chi connectivity index (χ2n) is 4.81. The first kappa shape index (κ1) is 19.1. The molecule has 1 aliphatic rings. The van der Waals surface area contributed by atoms with Crippen LogP contribution in [-0.2, 0) is 0 Å². The zero-order valence-corrected chi connectivity index (χ0v) is 12.2. The average Bonchev–Trinajstić information content (AvgIpc) is 2.45. The van der Waals surface area contributed by atoms with E-state index in [1.54, 1.807) is 0 Å². The molecule has 2 rings (SSSR count). The molecule has 9 heteroatoms. The van der Waals surface area contributed by atoms with Crippen LogP contribution in [0, 0.1) is 23.3 Å². The quantitative estimate of drug-likeness (QED) is 0.663. The van der Waals surface area contributed by atoms with Crippen LogP contribution in [0.15, 0.2) is 6.07 Å². The molecule has 1 heterocycles. The van der Waals surface area contributed by atoms with E-state index in [0.717, 1.165) is 0 Å². The number of nitrogens with zero attached hydrogens (tertiary/aromatic N) is 1. The number of rotatable bonds is 4. The second-order valence-corrected chi connectivity index (χ2v) is 4.81. The molecule has 2 nitrogen and oxygen atoms in total. The molecule has 1 fully saturated rings. The molecule has 0 spiro atoms. The van der Waals surface area contributed by atoms with Gasteiger partial charge in [-0.3, -0.25) is 4.90 Å². The third-order valence-electron chi connectivity index (χ3n) is 3.47. The van der Waals surface area contributed by atoms with E-state index in [4.69, 9.17) is 0 Å². The van der Waals surface area contributed by atoms with E-state index in [-0.39, 0.29) is 31.6 Å². The molecule has 1 atom stereocenters. The van der Waals surface area contributed by atoms with Gasteiger partial charge < -0.3 is 5.32 Å². The summed E-state index contributed by atoms with van der Waals surface area (Å²) in [5.74, 6) is -6.40. The Balaban J connectivity index is 0.00000242. The number of alkyl halides is 2. The first-order chi connectivity index (χ1) is 9.91. The summed E-state index contributed by atoms with van der Waals surface area (Å²) in [4.78, 5) is 1.41. The van der Waals surface area contributed by atoms with Crippen molar-refractivity contribution in [2.45, 2.75) is 18.9 Å². The van der Waals surface area contributed by atoms with Crippen LogP contribution < -0.4 is 5.32 Å². The lowest BCUT2D eigenvalue weighted by atomic mass is 9.99. The van der Waals surface area contributed by atoms with Gasteiger partial charge in [-0.1, -0.05) is 0 Å². The fraction of sp³-hybridized carbons (Fsp3) is 0.538. The number of halogens is 7. The highest BCUT2D eigenvalue weighted by Gasteiger charge is 2.32. The van der Waals surface area contributed by atoms with E-state index in [1.165, 1.54) is 4.90 Å². The number of benzene rings is 1. The molecule has 1 aromatic carbocycles. The molecular formula is C13H15ClF6N2. The fourth-order valence-electron chi connectivity index (χ4n) is 2.50. The van der Waals surface area contributed by atoms with Gasteiger partial charge in [-0.05, 0) is 0 Å². The monoisotopic (exact) mass is 348 g/mol. The molecule has 0 aromatic heterocycles. The van der Waals surface area contributed by atoms with Gasteiger partial charge >= 0.3 is 0 Å². The van der Waals surface area contributed by atoms with Gasteiger partial charge in [-0.2, -0.15) is 0 Å². The Morgan fingerprint density at radius 3 is 1.95 bits per heavy atom. The molecule has 1 aliphatic heterocycles. The van der Waals surface area contributed by atoms with Crippen molar-refractivity contribution in [2.75, 3.05) is 26.2 Å². The van der Waals surface area contributed by atoms with Crippen molar-refractivity contribution in [3.05, 3.63) is 34.9 Å². The van der Waals surface area contributed by atoms with Gasteiger partial charge in [-0.25, -0.2) is 26.3 Å². The van der Waals surface area contributed by atoms with Gasteiger partial charge in [-0.15, -0.1) is 12.4 Å². The van der Waals surface area contributed by atoms with E-state index in [9.17, 15) is 26.3 Å². The Bertz CT molecular complexity index is 482. The van der Waals surface area contributed by atoms with Crippen molar-refractivity contribution in [1.82, 2.24) is 10.2 Å². The Kier molecular flexibility index (Phi) is 6.96. The maximum atomic E-state index is 13.8. The summed E-state index contributed by atoms with van der Waals surface area (Å²) in [5, 5.41) is 2.96. The highest BCUT2D eigenvalue weighted by molar-refractivity contribution is 5.85. The van der Waals surface area contributed by atoms with E-state index >= 15 is 0 Å². The zero-order chi connectivity index (χ0) is 15.6. The van der Waals surface area contributed by atoms with Crippen LogP contribution in [-0.4, -0.2) is 37.5 Å². The highest BCUT2D eigenvalue weighted by atomic mass is 35.5. The van der Waals surface area contributed by atoms with Crippen molar-refractivity contribution >= 4 is 12.4 Å². The average molecular weight is 349 g/mol. The van der Waals surface area contributed by atoms with Gasteiger partial charge in [0.15, 0.2) is 23.3 Å². The van der Waals surface area contributed by atoms with Crippen molar-refractivity contribution in [2.24, 2.45) is 0 Å². The summed E-state index contributed by atoms with van der Waals surface area (Å²) in [7, 11) is 0. The van der Waals surface area contributed by atoms with Gasteiger partial charge in [0, 0.05) is 50.3 Å². The largest absolute Gasteiger partial charge is 0.314 e. The molecular weight excluding hydrogens is 334 g/mol. The molecule has 126 valence electrons. The van der Waals surface area contributed by atoms with Crippen LogP contribution in [0.4, 0.5) is 26.3 Å². The number of piperazine rings is 1. The molecule has 0 radical (unpaired) electrons. The zero-order valence-electron chi connectivity index (χ0n) is 11.4. The summed E-state index contributed by atoms with van der Waals surface area (Å²) in [6.07, 6.45) is -3.74. The third kappa shape index (κ3) is 4.05. The molecule has 1 aromatic rings. The Hall–Kier alpha value is -0.990. The van der Waals surface area contributed by atoms with Crippen LogP contribution in [0.2, 0.25) is 0 Å². The first-order valence-corrected chi connectivity index (χ1v) is 6.47. The van der Waals surface area contributed by atoms with Gasteiger partial charge in [0.25, 0.3) is 0 Å². The lowest BCUT2D eigenvalue weighted by Crippen LogP contribution is -2.46. The van der Waals surface area contributed by atoms with Crippen molar-refractivity contribution in [3.8, 4) is 0 Å². The lowest BCUT2D eigenvalue weighted by Gasteiger charge is -2.35. The maximum Gasteiger partial charge on any atom is 0.240 e. The topological polar surface area (TPSA) is 15.3 Å². The van der Waals surface area contributed by atoms with E-state index in [0.29, 0.717) is 13.1 Å². The Morgan fingerprint density at radius 2 is 1.50 bits per heavy atom. The summed E-state index contributed by atoms with van der Waals surface area (Å²) in [6, 6.07) is -1.33. The van der Waals surface area contributed by atoms with Crippen molar-refractivity contribution in [1.29, 1.82) is 0 Å². The first-order valence-electron chi connectivity index (χ1n) is 6.47. The van der Waals surface area contributed by atoms with Crippen molar-refractivity contribution < 1.29 is 26.3 Å². The molecule has 0 saturated carbocycles. The van der Waals surface area contributed by atoms with Crippen LogP contribution >= 0.6 is 12.4 Å². The van der Waals surface area contributed by atoms with Gasteiger partial charge in [0.2, 0.25) is 6.43 Å². The summed E-state index contributed by atoms with van der Waals surface area (Å²) in [6.45, 7) is 1.41. The lowest BCUT2D eigenvalue weighted by molar-refractivity contribution is 0.0702. The van der Waals surface area contributed by atoms with Gasteiger partial charge in [0.1, 0.15) is 0 Å². The normalized spacial score (nSPS) is 17.4. The molecule has 0 aliphatic carbocycles. The third-order valence-corrected chi connectivity index (χ3v) is 3.47.